The van der Waals surface area contributed by atoms with Gasteiger partial charge in [-0.25, -0.2) is 0 Å². The Kier molecular flexibility index (Phi) is 16.7. The molecule has 0 aromatic heterocycles. The molecule has 0 saturated heterocycles. The summed E-state index contributed by atoms with van der Waals surface area (Å²) in [4.78, 5) is 20.2. The van der Waals surface area contributed by atoms with Crippen LogP contribution in [-0.2, 0) is 14.3 Å². The highest BCUT2D eigenvalue weighted by atomic mass is 16.6. The van der Waals surface area contributed by atoms with Crippen LogP contribution >= 0.6 is 0 Å². The van der Waals surface area contributed by atoms with Crippen LogP contribution in [-0.4, -0.2) is 64.6 Å². The van der Waals surface area contributed by atoms with E-state index in [2.05, 4.69) is 12.0 Å². The largest absolute Gasteiger partial charge is 0.481 e. The van der Waals surface area contributed by atoms with Gasteiger partial charge in [-0.15, -0.1) is 0 Å². The Morgan fingerprint density at radius 2 is 1.87 bits per heavy atom. The Morgan fingerprint density at radius 3 is 2.32 bits per heavy atom. The second kappa shape index (κ2) is 17.0. The molecule has 1 aromatic carbocycles. The van der Waals surface area contributed by atoms with Gasteiger partial charge in [0.1, 0.15) is 5.69 Å². The minimum Gasteiger partial charge on any atom is -0.481 e. The highest BCUT2D eigenvalue weighted by Crippen LogP contribution is 2.28. The number of aliphatic carboxylic acids is 1. The average molecular weight is 445 g/mol. The monoisotopic (exact) mass is 444 g/mol. The zero-order chi connectivity index (χ0) is 24.4. The van der Waals surface area contributed by atoms with Crippen molar-refractivity contribution in [3.8, 4) is 0 Å². The molecule has 10 heteroatoms. The van der Waals surface area contributed by atoms with Crippen LogP contribution in [0.25, 0.3) is 0 Å². The normalized spacial score (nSPS) is 10.1. The predicted octanol–water partition coefficient (Wildman–Crippen LogP) is 4.47. The average Bonchev–Trinajstić information content (AvgIpc) is 2.70. The number of non-ortho nitro benzene ring substituents is 1. The Morgan fingerprint density at radius 1 is 1.26 bits per heavy atom. The van der Waals surface area contributed by atoms with Gasteiger partial charge in [0.25, 0.3) is 11.4 Å². The van der Waals surface area contributed by atoms with Gasteiger partial charge in [0.2, 0.25) is 0 Å². The van der Waals surface area contributed by atoms with Crippen LogP contribution in [0.2, 0.25) is 0 Å². The Hall–Kier alpha value is -2.72. The van der Waals surface area contributed by atoms with Crippen molar-refractivity contribution in [3.05, 3.63) is 28.3 Å². The lowest BCUT2D eigenvalue weighted by Crippen LogP contribution is -2.27. The van der Waals surface area contributed by atoms with Gasteiger partial charge in [0.05, 0.1) is 29.6 Å². The highest BCUT2D eigenvalue weighted by molar-refractivity contribution is 5.66. The molecule has 0 radical (unpaired) electrons. The number of anilines is 1. The van der Waals surface area contributed by atoms with Gasteiger partial charge in [0, 0.05) is 30.6 Å². The lowest BCUT2D eigenvalue weighted by atomic mass is 10.1. The number of nitro benzene ring substituents is 1. The van der Waals surface area contributed by atoms with E-state index in [0.29, 0.717) is 30.2 Å². The number of carboxylic acids is 1. The molecule has 0 saturated carbocycles. The maximum atomic E-state index is 10.5. The molecule has 1 aromatic rings. The number of nitrogens with zero attached hydrogens (tertiary/aromatic N) is 2. The number of benzene rings is 1. The van der Waals surface area contributed by atoms with Crippen molar-refractivity contribution >= 4 is 29.7 Å². The molecule has 0 aliphatic rings. The van der Waals surface area contributed by atoms with E-state index in [1.54, 1.807) is 0 Å². The van der Waals surface area contributed by atoms with Crippen molar-refractivity contribution < 1.29 is 34.2 Å². The molecule has 31 heavy (non-hydrogen) atoms. The lowest BCUT2D eigenvalue weighted by Gasteiger charge is -2.24. The Bertz CT molecular complexity index is 679. The first kappa shape index (κ1) is 30.5. The zero-order valence-corrected chi connectivity index (χ0v) is 19.5. The fourth-order valence-corrected chi connectivity index (χ4v) is 2.14. The van der Waals surface area contributed by atoms with Crippen molar-refractivity contribution in [2.45, 2.75) is 60.0 Å². The van der Waals surface area contributed by atoms with Gasteiger partial charge in [-0.3, -0.25) is 20.1 Å². The first-order valence-electron chi connectivity index (χ1n) is 10.3. The van der Waals surface area contributed by atoms with Crippen molar-refractivity contribution in [1.82, 2.24) is 0 Å². The summed E-state index contributed by atoms with van der Waals surface area (Å²) < 4.78 is 11.2. The molecule has 0 aliphatic heterocycles. The molecule has 0 amide bonds. The number of nitrogens with one attached hydrogen (secondary N) is 1. The molecule has 3 N–H and O–H groups in total. The number of hydrogen-bond acceptors (Lipinski definition) is 7. The molecule has 0 heterocycles. The first-order chi connectivity index (χ1) is 14.5. The van der Waals surface area contributed by atoms with Crippen molar-refractivity contribution in [3.63, 3.8) is 0 Å². The fraction of sp³-hybridized carbons (Fsp3) is 0.619. The van der Waals surface area contributed by atoms with Gasteiger partial charge in [-0.1, -0.05) is 13.8 Å². The maximum absolute atomic E-state index is 10.5. The summed E-state index contributed by atoms with van der Waals surface area (Å²) in [6, 6.07) is 4.15. The van der Waals surface area contributed by atoms with Crippen molar-refractivity contribution in [1.29, 1.82) is 0 Å². The molecule has 178 valence electrons. The Labute approximate surface area is 184 Å². The number of carboxylic acid groups (broad SMARTS) is 1. The van der Waals surface area contributed by atoms with Crippen LogP contribution in [0.4, 0.5) is 17.1 Å². The summed E-state index contributed by atoms with van der Waals surface area (Å²) >= 11 is 0. The van der Waals surface area contributed by atoms with Crippen LogP contribution < -0.4 is 5.32 Å². The van der Waals surface area contributed by atoms with Crippen molar-refractivity contribution in [2.75, 3.05) is 31.7 Å². The maximum Gasteiger partial charge on any atom is 0.305 e. The number of rotatable bonds is 12. The van der Waals surface area contributed by atoms with E-state index in [-0.39, 0.29) is 30.0 Å². The molecule has 0 unspecified atom stereocenters. The summed E-state index contributed by atoms with van der Waals surface area (Å²) in [7, 11) is 0. The van der Waals surface area contributed by atoms with E-state index >= 15 is 0 Å². The zero-order valence-electron chi connectivity index (χ0n) is 19.5. The number of ether oxygens (including phenoxy) is 2. The molecule has 0 atom stereocenters. The molecular formula is C21H38N3O7+. The third-order valence-corrected chi connectivity index (χ3v) is 3.70. The standard InChI is InChI=1S/C10H20O4.C9H12N3O3.C2H6/c1-4-13-8-6-10(2,3)14-7-5-9(11)12;1-3-10-8-5-4-7(12(14)15)6-9(8)11(2)13;1-2/h4-8H2,1-3H3,(H,11,12);4-6,10,13H,2-3H2,1H3;1-2H3/q;+1;. The molecule has 10 nitrogen and oxygen atoms in total. The summed E-state index contributed by atoms with van der Waals surface area (Å²) in [5, 5.41) is 31.1. The minimum absolute atomic E-state index is 0.0536. The van der Waals surface area contributed by atoms with E-state index in [1.807, 2.05) is 41.5 Å². The van der Waals surface area contributed by atoms with Crippen LogP contribution in [0.3, 0.4) is 0 Å². The summed E-state index contributed by atoms with van der Waals surface area (Å²) in [6.07, 6.45) is 0.832. The van der Waals surface area contributed by atoms with Crippen LogP contribution in [0, 0.1) is 10.1 Å². The van der Waals surface area contributed by atoms with Crippen LogP contribution in [0.1, 0.15) is 54.4 Å². The third-order valence-electron chi connectivity index (χ3n) is 3.70. The molecule has 1 rings (SSSR count). The van der Waals surface area contributed by atoms with Gasteiger partial charge in [-0.2, -0.15) is 0 Å². The van der Waals surface area contributed by atoms with E-state index < -0.39 is 10.9 Å². The SMILES string of the molecule is C=[N+](O)c1cc([N+](=O)[O-])ccc1NCC.CC.CCOCCC(C)(C)OCCC(=O)O. The Balaban J connectivity index is 0. The van der Waals surface area contributed by atoms with E-state index in [9.17, 15) is 20.1 Å². The highest BCUT2D eigenvalue weighted by Gasteiger charge is 2.19. The molecule has 0 spiro atoms. The number of nitro groups is 1. The molecule has 0 fully saturated rings. The molecule has 0 aliphatic carbocycles. The number of carbonyl (C=O) groups is 1. The number of hydrogen-bond donors (Lipinski definition) is 3. The summed E-state index contributed by atoms with van der Waals surface area (Å²) in [5.41, 5.74) is 0.478. The quantitative estimate of drug-likeness (QED) is 0.107. The second-order valence-corrected chi connectivity index (χ2v) is 6.59. The van der Waals surface area contributed by atoms with Crippen LogP contribution in [0.5, 0.6) is 0 Å². The molecule has 0 bridgehead atoms. The van der Waals surface area contributed by atoms with E-state index in [1.165, 1.54) is 18.2 Å². The lowest BCUT2D eigenvalue weighted by molar-refractivity contribution is -0.706. The molecular weight excluding hydrogens is 406 g/mol. The fourth-order valence-electron chi connectivity index (χ4n) is 2.14. The topological polar surface area (TPSA) is 134 Å². The van der Waals surface area contributed by atoms with E-state index in [4.69, 9.17) is 14.6 Å². The summed E-state index contributed by atoms with van der Waals surface area (Å²) in [6.45, 7) is 17.2. The minimum atomic E-state index is -0.828. The van der Waals surface area contributed by atoms with Crippen molar-refractivity contribution in [2.24, 2.45) is 0 Å². The third kappa shape index (κ3) is 14.8. The van der Waals surface area contributed by atoms with Gasteiger partial charge >= 0.3 is 5.97 Å². The smallest absolute Gasteiger partial charge is 0.305 e. The van der Waals surface area contributed by atoms with Crippen LogP contribution in [0.15, 0.2) is 18.2 Å². The second-order valence-electron chi connectivity index (χ2n) is 6.59. The van der Waals surface area contributed by atoms with Gasteiger partial charge in [-0.05, 0) is 40.2 Å². The predicted molar refractivity (Wildman–Crippen MR) is 121 cm³/mol. The van der Waals surface area contributed by atoms with Gasteiger partial charge in [0.15, 0.2) is 6.72 Å². The van der Waals surface area contributed by atoms with Gasteiger partial charge < -0.3 is 19.9 Å². The van der Waals surface area contributed by atoms with E-state index in [0.717, 1.165) is 6.42 Å². The first-order valence-corrected chi connectivity index (χ1v) is 10.3. The summed E-state index contributed by atoms with van der Waals surface area (Å²) in [5.74, 6) is -0.828.